The van der Waals surface area contributed by atoms with Gasteiger partial charge >= 0.3 is 0 Å². The van der Waals surface area contributed by atoms with Gasteiger partial charge in [0, 0.05) is 6.04 Å². The van der Waals surface area contributed by atoms with Crippen LogP contribution in [0.4, 0.5) is 0 Å². The van der Waals surface area contributed by atoms with E-state index in [2.05, 4.69) is 19.9 Å². The maximum Gasteiger partial charge on any atom is 0.0577 e. The van der Waals surface area contributed by atoms with Crippen LogP contribution in [-0.4, -0.2) is 17.3 Å². The second kappa shape index (κ2) is 4.58. The molecule has 0 aliphatic heterocycles. The van der Waals surface area contributed by atoms with E-state index >= 15 is 0 Å². The van der Waals surface area contributed by atoms with Crippen molar-refractivity contribution in [2.24, 2.45) is 34.3 Å². The van der Waals surface area contributed by atoms with Crippen LogP contribution in [-0.2, 0) is 0 Å². The lowest BCUT2D eigenvalue weighted by Gasteiger charge is -2.57. The Balaban J connectivity index is 1.68. The van der Waals surface area contributed by atoms with Crippen LogP contribution in [0.15, 0.2) is 11.6 Å². The molecule has 21 heavy (non-hydrogen) atoms. The Labute approximate surface area is 129 Å². The Morgan fingerprint density at radius 2 is 1.90 bits per heavy atom. The van der Waals surface area contributed by atoms with Crippen LogP contribution in [0.1, 0.15) is 65.2 Å². The van der Waals surface area contributed by atoms with Crippen molar-refractivity contribution in [3.63, 3.8) is 0 Å². The fourth-order valence-electron chi connectivity index (χ4n) is 6.68. The molecule has 2 nitrogen and oxygen atoms in total. The Bertz CT molecular complexity index is 472. The number of aliphatic hydroxyl groups excluding tert-OH is 1. The Morgan fingerprint density at radius 1 is 1.10 bits per heavy atom. The van der Waals surface area contributed by atoms with Gasteiger partial charge < -0.3 is 10.8 Å². The van der Waals surface area contributed by atoms with Crippen molar-refractivity contribution in [3.05, 3.63) is 11.6 Å². The van der Waals surface area contributed by atoms with E-state index in [9.17, 15) is 5.11 Å². The van der Waals surface area contributed by atoms with Crippen molar-refractivity contribution in [1.82, 2.24) is 0 Å². The quantitative estimate of drug-likeness (QED) is 0.669. The van der Waals surface area contributed by atoms with E-state index in [1.165, 1.54) is 38.5 Å². The van der Waals surface area contributed by atoms with Gasteiger partial charge in [0.15, 0.2) is 0 Å². The lowest BCUT2D eigenvalue weighted by Crippen LogP contribution is -2.52. The number of hydrogen-bond donors (Lipinski definition) is 2. The molecule has 0 radical (unpaired) electrons. The molecule has 4 aliphatic carbocycles. The van der Waals surface area contributed by atoms with Crippen molar-refractivity contribution in [1.29, 1.82) is 0 Å². The molecule has 7 atom stereocenters. The maximum atomic E-state index is 10.0. The van der Waals surface area contributed by atoms with Gasteiger partial charge in [-0.2, -0.15) is 0 Å². The summed E-state index contributed by atoms with van der Waals surface area (Å²) in [7, 11) is 0. The molecule has 0 aromatic heterocycles. The molecule has 3 fully saturated rings. The number of aliphatic hydroxyl groups is 1. The van der Waals surface area contributed by atoms with E-state index in [0.717, 1.165) is 30.6 Å². The molecule has 4 aliphatic rings. The molecular weight excluding hydrogens is 258 g/mol. The highest BCUT2D eigenvalue weighted by Gasteiger charge is 2.57. The minimum atomic E-state index is -0.0883. The Kier molecular flexibility index (Phi) is 3.11. The van der Waals surface area contributed by atoms with Crippen LogP contribution in [0, 0.1) is 28.6 Å². The molecule has 0 heterocycles. The van der Waals surface area contributed by atoms with E-state index in [1.807, 2.05) is 0 Å². The lowest BCUT2D eigenvalue weighted by atomic mass is 9.48. The highest BCUT2D eigenvalue weighted by molar-refractivity contribution is 5.25. The van der Waals surface area contributed by atoms with Crippen molar-refractivity contribution < 1.29 is 5.11 Å². The molecule has 0 amide bonds. The second-order valence-electron chi connectivity index (χ2n) is 8.88. The van der Waals surface area contributed by atoms with Crippen molar-refractivity contribution in [3.8, 4) is 0 Å². The van der Waals surface area contributed by atoms with Crippen molar-refractivity contribution in [2.45, 2.75) is 77.4 Å². The predicted octanol–water partition coefficient (Wildman–Crippen LogP) is 3.64. The molecule has 4 rings (SSSR count). The molecule has 0 aromatic carbocycles. The third kappa shape index (κ3) is 1.84. The van der Waals surface area contributed by atoms with Crippen LogP contribution in [0.2, 0.25) is 0 Å². The standard InChI is InChI=1S/C19H31NO/c1-18-9-7-13(21)11-12(18)3-4-14-15-5-6-17(20)19(15,2)10-8-16(14)18/h3,13-17,21H,4-11,20H2,1-2H3/t13-,14?,15?,16?,17-,18-,19?/m0/s1. The van der Waals surface area contributed by atoms with Crippen molar-refractivity contribution in [2.75, 3.05) is 0 Å². The third-order valence-corrected chi connectivity index (χ3v) is 8.15. The first-order valence-corrected chi connectivity index (χ1v) is 9.08. The van der Waals surface area contributed by atoms with E-state index in [4.69, 9.17) is 5.73 Å². The number of allylic oxidation sites excluding steroid dienone is 1. The van der Waals surface area contributed by atoms with Crippen LogP contribution in [0.25, 0.3) is 0 Å². The minimum Gasteiger partial charge on any atom is -0.393 e. The monoisotopic (exact) mass is 289 g/mol. The predicted molar refractivity (Wildman–Crippen MR) is 85.7 cm³/mol. The van der Waals surface area contributed by atoms with E-state index in [-0.39, 0.29) is 6.10 Å². The summed E-state index contributed by atoms with van der Waals surface area (Å²) in [6.07, 6.45) is 12.1. The molecule has 0 aromatic rings. The first-order chi connectivity index (χ1) is 9.95. The maximum absolute atomic E-state index is 10.0. The molecule has 2 heteroatoms. The summed E-state index contributed by atoms with van der Waals surface area (Å²) in [5.74, 6) is 2.53. The minimum absolute atomic E-state index is 0.0883. The van der Waals surface area contributed by atoms with Crippen LogP contribution >= 0.6 is 0 Å². The SMILES string of the molecule is CC12CCC3C(CC=C4C[C@@H](O)CC[C@@]43C)C1CC[C@@H]2N. The number of rotatable bonds is 0. The largest absolute Gasteiger partial charge is 0.393 e. The summed E-state index contributed by atoms with van der Waals surface area (Å²) in [5, 5.41) is 10.0. The highest BCUT2D eigenvalue weighted by Crippen LogP contribution is 2.64. The number of nitrogens with two attached hydrogens (primary N) is 1. The summed E-state index contributed by atoms with van der Waals surface area (Å²) < 4.78 is 0. The summed E-state index contributed by atoms with van der Waals surface area (Å²) in [6.45, 7) is 4.97. The lowest BCUT2D eigenvalue weighted by molar-refractivity contribution is -0.0401. The first kappa shape index (κ1) is 14.3. The molecule has 4 unspecified atom stereocenters. The zero-order valence-electron chi connectivity index (χ0n) is 13.6. The van der Waals surface area contributed by atoms with Gasteiger partial charge in [-0.3, -0.25) is 0 Å². The van der Waals surface area contributed by atoms with Gasteiger partial charge in [-0.25, -0.2) is 0 Å². The van der Waals surface area contributed by atoms with Gasteiger partial charge in [0.05, 0.1) is 6.10 Å². The normalized spacial score (nSPS) is 56.2. The van der Waals surface area contributed by atoms with Gasteiger partial charge in [-0.15, -0.1) is 0 Å². The Hall–Kier alpha value is -0.340. The average molecular weight is 289 g/mol. The van der Waals surface area contributed by atoms with Gasteiger partial charge in [-0.1, -0.05) is 25.5 Å². The van der Waals surface area contributed by atoms with Crippen LogP contribution < -0.4 is 5.73 Å². The molecular formula is C19H31NO. The first-order valence-electron chi connectivity index (χ1n) is 9.08. The number of fused-ring (bicyclic) bond motifs is 5. The van der Waals surface area contributed by atoms with Crippen LogP contribution in [0.3, 0.4) is 0 Å². The molecule has 0 bridgehead atoms. The molecule has 118 valence electrons. The summed E-state index contributed by atoms with van der Waals surface area (Å²) in [4.78, 5) is 0. The highest BCUT2D eigenvalue weighted by atomic mass is 16.3. The topological polar surface area (TPSA) is 46.2 Å². The summed E-state index contributed by atoms with van der Waals surface area (Å²) in [6, 6.07) is 0.426. The van der Waals surface area contributed by atoms with E-state index in [1.54, 1.807) is 5.57 Å². The summed E-state index contributed by atoms with van der Waals surface area (Å²) >= 11 is 0. The molecule has 0 saturated heterocycles. The Morgan fingerprint density at radius 3 is 2.71 bits per heavy atom. The summed E-state index contributed by atoms with van der Waals surface area (Å²) in [5.41, 5.74) is 8.83. The fraction of sp³-hybridized carbons (Fsp3) is 0.895. The zero-order valence-corrected chi connectivity index (χ0v) is 13.6. The van der Waals surface area contributed by atoms with E-state index < -0.39 is 0 Å². The third-order valence-electron chi connectivity index (χ3n) is 8.15. The zero-order chi connectivity index (χ0) is 14.8. The fourth-order valence-corrected chi connectivity index (χ4v) is 6.68. The van der Waals surface area contributed by atoms with Crippen LogP contribution in [0.5, 0.6) is 0 Å². The van der Waals surface area contributed by atoms with Gasteiger partial charge in [0.2, 0.25) is 0 Å². The van der Waals surface area contributed by atoms with Gasteiger partial charge in [0.1, 0.15) is 0 Å². The van der Waals surface area contributed by atoms with Gasteiger partial charge in [0.25, 0.3) is 0 Å². The molecule has 0 spiro atoms. The average Bonchev–Trinajstić information content (AvgIpc) is 2.76. The molecule has 3 saturated carbocycles. The van der Waals surface area contributed by atoms with Gasteiger partial charge in [-0.05, 0) is 80.0 Å². The number of hydrogen-bond acceptors (Lipinski definition) is 2. The van der Waals surface area contributed by atoms with Crippen molar-refractivity contribution >= 4 is 0 Å². The second-order valence-corrected chi connectivity index (χ2v) is 8.88. The smallest absolute Gasteiger partial charge is 0.0577 e. The molecule has 3 N–H and O–H groups in total. The van der Waals surface area contributed by atoms with E-state index in [0.29, 0.717) is 16.9 Å².